The summed E-state index contributed by atoms with van der Waals surface area (Å²) in [6.07, 6.45) is 2.40. The molecule has 1 aliphatic heterocycles. The highest BCUT2D eigenvalue weighted by Gasteiger charge is 2.15. The molecular formula is C16H22N2O2. The number of nitrogens with zero attached hydrogens (tertiary/aromatic N) is 1. The molecule has 0 aliphatic carbocycles. The average molecular weight is 274 g/mol. The Morgan fingerprint density at radius 1 is 1.20 bits per heavy atom. The van der Waals surface area contributed by atoms with E-state index in [4.69, 9.17) is 0 Å². The lowest BCUT2D eigenvalue weighted by Crippen LogP contribution is -2.32. The second-order valence-corrected chi connectivity index (χ2v) is 5.64. The predicted molar refractivity (Wildman–Crippen MR) is 81.0 cm³/mol. The van der Waals surface area contributed by atoms with Crippen LogP contribution in [0.15, 0.2) is 24.3 Å². The molecule has 1 N–H and O–H groups in total. The van der Waals surface area contributed by atoms with Crippen LogP contribution in [0.1, 0.15) is 33.1 Å². The van der Waals surface area contributed by atoms with Crippen molar-refractivity contribution in [1.82, 2.24) is 0 Å². The molecule has 1 heterocycles. The predicted octanol–water partition coefficient (Wildman–Crippen LogP) is 2.84. The molecule has 4 heteroatoms. The third kappa shape index (κ3) is 4.08. The van der Waals surface area contributed by atoms with Gasteiger partial charge >= 0.3 is 0 Å². The summed E-state index contributed by atoms with van der Waals surface area (Å²) in [5, 5.41) is 2.73. The van der Waals surface area contributed by atoms with Gasteiger partial charge in [0.2, 0.25) is 5.91 Å². The van der Waals surface area contributed by atoms with Gasteiger partial charge < -0.3 is 10.2 Å². The number of carbonyl (C=O) groups is 2. The maximum Gasteiger partial charge on any atom is 0.231 e. The minimum absolute atomic E-state index is 0.0637. The molecular weight excluding hydrogens is 252 g/mol. The van der Waals surface area contributed by atoms with Crippen LogP contribution < -0.4 is 10.2 Å². The smallest absolute Gasteiger partial charge is 0.231 e. The van der Waals surface area contributed by atoms with Gasteiger partial charge in [0.25, 0.3) is 0 Å². The zero-order valence-corrected chi connectivity index (χ0v) is 12.2. The Bertz CT molecular complexity index is 474. The van der Waals surface area contributed by atoms with Gasteiger partial charge in [-0.2, -0.15) is 0 Å². The summed E-state index contributed by atoms with van der Waals surface area (Å²) >= 11 is 0. The van der Waals surface area contributed by atoms with Crippen LogP contribution in [0, 0.1) is 5.92 Å². The Labute approximate surface area is 120 Å². The van der Waals surface area contributed by atoms with Crippen molar-refractivity contribution in [3.8, 4) is 0 Å². The molecule has 0 atom stereocenters. The van der Waals surface area contributed by atoms with Crippen LogP contribution in [-0.4, -0.2) is 24.8 Å². The van der Waals surface area contributed by atoms with Gasteiger partial charge in [-0.15, -0.1) is 0 Å². The summed E-state index contributed by atoms with van der Waals surface area (Å²) in [5.74, 6) is 0.440. The largest absolute Gasteiger partial charge is 0.372 e. The van der Waals surface area contributed by atoms with Crippen molar-refractivity contribution in [3.05, 3.63) is 24.3 Å². The van der Waals surface area contributed by atoms with Crippen LogP contribution in [0.2, 0.25) is 0 Å². The van der Waals surface area contributed by atoms with Gasteiger partial charge in [-0.1, -0.05) is 6.92 Å². The molecule has 1 aromatic carbocycles. The van der Waals surface area contributed by atoms with Gasteiger partial charge in [0.1, 0.15) is 5.78 Å². The van der Waals surface area contributed by atoms with Crippen molar-refractivity contribution in [2.75, 3.05) is 23.3 Å². The molecule has 0 radical (unpaired) electrons. The number of amides is 1. The number of hydrogen-bond acceptors (Lipinski definition) is 3. The van der Waals surface area contributed by atoms with Gasteiger partial charge in [0.15, 0.2) is 0 Å². The fourth-order valence-corrected chi connectivity index (χ4v) is 2.45. The van der Waals surface area contributed by atoms with Gasteiger partial charge in [0, 0.05) is 24.5 Å². The van der Waals surface area contributed by atoms with E-state index in [0.29, 0.717) is 0 Å². The van der Waals surface area contributed by atoms with E-state index in [0.717, 1.165) is 24.7 Å². The summed E-state index contributed by atoms with van der Waals surface area (Å²) in [5.41, 5.74) is 1.94. The van der Waals surface area contributed by atoms with Crippen LogP contribution in [0.25, 0.3) is 0 Å². The second kappa shape index (κ2) is 6.55. The number of piperidine rings is 1. The van der Waals surface area contributed by atoms with Gasteiger partial charge in [0.05, 0.1) is 6.42 Å². The molecule has 20 heavy (non-hydrogen) atoms. The summed E-state index contributed by atoms with van der Waals surface area (Å²) in [4.78, 5) is 24.7. The van der Waals surface area contributed by atoms with Gasteiger partial charge in [-0.25, -0.2) is 0 Å². The molecule has 1 aliphatic rings. The third-order valence-electron chi connectivity index (χ3n) is 3.71. The van der Waals surface area contributed by atoms with Crippen molar-refractivity contribution in [2.45, 2.75) is 33.1 Å². The quantitative estimate of drug-likeness (QED) is 0.859. The summed E-state index contributed by atoms with van der Waals surface area (Å²) in [6.45, 7) is 5.90. The van der Waals surface area contributed by atoms with Crippen molar-refractivity contribution >= 4 is 23.1 Å². The summed E-state index contributed by atoms with van der Waals surface area (Å²) in [7, 11) is 0. The maximum atomic E-state index is 11.5. The van der Waals surface area contributed by atoms with Crippen LogP contribution in [0.4, 0.5) is 11.4 Å². The number of anilines is 2. The Hall–Kier alpha value is -1.84. The van der Waals surface area contributed by atoms with Crippen molar-refractivity contribution in [3.63, 3.8) is 0 Å². The van der Waals surface area contributed by atoms with Crippen LogP contribution in [-0.2, 0) is 9.59 Å². The minimum Gasteiger partial charge on any atom is -0.372 e. The van der Waals surface area contributed by atoms with E-state index in [1.807, 2.05) is 24.3 Å². The van der Waals surface area contributed by atoms with Crippen LogP contribution in [0.5, 0.6) is 0 Å². The zero-order valence-electron chi connectivity index (χ0n) is 12.2. The van der Waals surface area contributed by atoms with E-state index < -0.39 is 0 Å². The lowest BCUT2D eigenvalue weighted by molar-refractivity contribution is -0.124. The van der Waals surface area contributed by atoms with E-state index in [-0.39, 0.29) is 18.1 Å². The molecule has 0 unspecified atom stereocenters. The Morgan fingerprint density at radius 3 is 2.35 bits per heavy atom. The number of hydrogen-bond donors (Lipinski definition) is 1. The lowest BCUT2D eigenvalue weighted by Gasteiger charge is -2.32. The first kappa shape index (κ1) is 14.6. The highest BCUT2D eigenvalue weighted by atomic mass is 16.2. The van der Waals surface area contributed by atoms with Crippen molar-refractivity contribution < 1.29 is 9.59 Å². The molecule has 2 rings (SSSR count). The molecule has 0 aromatic heterocycles. The molecule has 108 valence electrons. The average Bonchev–Trinajstić information content (AvgIpc) is 2.39. The van der Waals surface area contributed by atoms with Crippen LogP contribution >= 0.6 is 0 Å². The normalized spacial score (nSPS) is 16.0. The van der Waals surface area contributed by atoms with E-state index in [2.05, 4.69) is 17.1 Å². The first-order chi connectivity index (χ1) is 9.54. The number of rotatable bonds is 4. The third-order valence-corrected chi connectivity index (χ3v) is 3.71. The number of carbonyl (C=O) groups excluding carboxylic acids is 2. The fraction of sp³-hybridized carbons (Fsp3) is 0.500. The maximum absolute atomic E-state index is 11.5. The number of nitrogens with one attached hydrogen (secondary N) is 1. The monoisotopic (exact) mass is 274 g/mol. The Balaban J connectivity index is 1.92. The molecule has 1 fully saturated rings. The van der Waals surface area contributed by atoms with E-state index in [1.165, 1.54) is 25.5 Å². The second-order valence-electron chi connectivity index (χ2n) is 5.64. The summed E-state index contributed by atoms with van der Waals surface area (Å²) in [6, 6.07) is 7.84. The number of Topliss-reactive ketones (excluding diaryl/α,β-unsaturated/α-hetero) is 1. The zero-order chi connectivity index (χ0) is 14.5. The minimum atomic E-state index is -0.253. The highest BCUT2D eigenvalue weighted by molar-refractivity contribution is 6.03. The SMILES string of the molecule is CC(=O)CC(=O)Nc1ccc(N2CCC(C)CC2)cc1. The van der Waals surface area contributed by atoms with E-state index >= 15 is 0 Å². The van der Waals surface area contributed by atoms with Crippen molar-refractivity contribution in [2.24, 2.45) is 5.92 Å². The van der Waals surface area contributed by atoms with E-state index in [1.54, 1.807) is 0 Å². The number of ketones is 1. The molecule has 1 aromatic rings. The van der Waals surface area contributed by atoms with E-state index in [9.17, 15) is 9.59 Å². The Kier molecular flexibility index (Phi) is 4.77. The first-order valence-electron chi connectivity index (χ1n) is 7.19. The lowest BCUT2D eigenvalue weighted by atomic mass is 9.99. The topological polar surface area (TPSA) is 49.4 Å². The molecule has 0 spiro atoms. The van der Waals surface area contributed by atoms with Gasteiger partial charge in [-0.3, -0.25) is 9.59 Å². The number of benzene rings is 1. The molecule has 4 nitrogen and oxygen atoms in total. The molecule has 1 amide bonds. The Morgan fingerprint density at radius 2 is 1.80 bits per heavy atom. The van der Waals surface area contributed by atoms with Crippen LogP contribution in [0.3, 0.4) is 0 Å². The highest BCUT2D eigenvalue weighted by Crippen LogP contribution is 2.24. The molecule has 1 saturated heterocycles. The standard InChI is InChI=1S/C16H22N2O2/c1-12-7-9-18(10-8-12)15-5-3-14(4-6-15)17-16(20)11-13(2)19/h3-6,12H,7-11H2,1-2H3,(H,17,20). The van der Waals surface area contributed by atoms with Gasteiger partial charge in [-0.05, 0) is 49.9 Å². The molecule has 0 bridgehead atoms. The van der Waals surface area contributed by atoms with Crippen molar-refractivity contribution in [1.29, 1.82) is 0 Å². The molecule has 0 saturated carbocycles. The first-order valence-corrected chi connectivity index (χ1v) is 7.19. The summed E-state index contributed by atoms with van der Waals surface area (Å²) < 4.78 is 0. The fourth-order valence-electron chi connectivity index (χ4n) is 2.45.